The minimum absolute atomic E-state index is 0.129. The van der Waals surface area contributed by atoms with Crippen molar-refractivity contribution in [3.05, 3.63) is 35.9 Å². The number of amides is 1. The summed E-state index contributed by atoms with van der Waals surface area (Å²) in [6.07, 6.45) is -1.17. The standard InChI is InChI=1S/C11H14ClNO4S/c1-9(8-18(12,16)17)13(11(14)15)7-10-5-3-2-4-6-10/h2-6,9H,7-8H2,1H3,(H,14,15)/t9-/m1/s1. The van der Waals surface area contributed by atoms with E-state index >= 15 is 0 Å². The predicted molar refractivity (Wildman–Crippen MR) is 69.1 cm³/mol. The summed E-state index contributed by atoms with van der Waals surface area (Å²) < 4.78 is 21.9. The van der Waals surface area contributed by atoms with Crippen LogP contribution in [0.5, 0.6) is 0 Å². The molecule has 1 aromatic carbocycles. The second-order valence-corrected chi connectivity index (χ2v) is 6.77. The number of hydrogen-bond donors (Lipinski definition) is 1. The van der Waals surface area contributed by atoms with Crippen molar-refractivity contribution in [3.8, 4) is 0 Å². The summed E-state index contributed by atoms with van der Waals surface area (Å²) in [5.74, 6) is -0.409. The van der Waals surface area contributed by atoms with E-state index in [9.17, 15) is 13.2 Å². The van der Waals surface area contributed by atoms with E-state index in [2.05, 4.69) is 0 Å². The molecule has 5 nitrogen and oxygen atoms in total. The van der Waals surface area contributed by atoms with Crippen LogP contribution < -0.4 is 0 Å². The molecule has 1 amide bonds. The predicted octanol–water partition coefficient (Wildman–Crippen LogP) is 2.12. The number of benzene rings is 1. The lowest BCUT2D eigenvalue weighted by atomic mass is 10.2. The molecule has 0 saturated heterocycles. The SMILES string of the molecule is C[C@H](CS(=O)(=O)Cl)N(Cc1ccccc1)C(=O)O. The second-order valence-electron chi connectivity index (χ2n) is 3.95. The zero-order chi connectivity index (χ0) is 13.8. The van der Waals surface area contributed by atoms with E-state index in [0.717, 1.165) is 10.5 Å². The second kappa shape index (κ2) is 6.06. The fourth-order valence-electron chi connectivity index (χ4n) is 1.57. The number of rotatable bonds is 5. The van der Waals surface area contributed by atoms with Crippen LogP contribution in [0, 0.1) is 0 Å². The number of halogens is 1. The lowest BCUT2D eigenvalue weighted by Gasteiger charge is -2.25. The van der Waals surface area contributed by atoms with E-state index in [1.165, 1.54) is 6.92 Å². The minimum Gasteiger partial charge on any atom is -0.465 e. The summed E-state index contributed by atoms with van der Waals surface area (Å²) in [4.78, 5) is 12.2. The molecule has 1 rings (SSSR count). The van der Waals surface area contributed by atoms with Crippen molar-refractivity contribution >= 4 is 25.8 Å². The highest BCUT2D eigenvalue weighted by Gasteiger charge is 2.23. The largest absolute Gasteiger partial charge is 0.465 e. The number of carboxylic acid groups (broad SMARTS) is 1. The highest BCUT2D eigenvalue weighted by atomic mass is 35.7. The lowest BCUT2D eigenvalue weighted by Crippen LogP contribution is -2.40. The van der Waals surface area contributed by atoms with Crippen LogP contribution in [0.15, 0.2) is 30.3 Å². The molecule has 0 saturated carbocycles. The molecule has 1 aromatic rings. The third-order valence-electron chi connectivity index (χ3n) is 2.41. The summed E-state index contributed by atoms with van der Waals surface area (Å²) in [6, 6.07) is 8.25. The lowest BCUT2D eigenvalue weighted by molar-refractivity contribution is 0.129. The normalized spacial score (nSPS) is 13.0. The molecule has 7 heteroatoms. The topological polar surface area (TPSA) is 74.7 Å². The van der Waals surface area contributed by atoms with Crippen molar-refractivity contribution in [1.82, 2.24) is 4.90 Å². The van der Waals surface area contributed by atoms with Crippen molar-refractivity contribution in [1.29, 1.82) is 0 Å². The Morgan fingerprint density at radius 3 is 2.39 bits per heavy atom. The first-order valence-electron chi connectivity index (χ1n) is 5.25. The van der Waals surface area contributed by atoms with Gasteiger partial charge in [-0.2, -0.15) is 0 Å². The van der Waals surface area contributed by atoms with E-state index in [0.29, 0.717) is 0 Å². The number of hydrogen-bond acceptors (Lipinski definition) is 3. The van der Waals surface area contributed by atoms with Crippen LogP contribution in [0.25, 0.3) is 0 Å². The summed E-state index contributed by atoms with van der Waals surface area (Å²) in [5.41, 5.74) is 0.790. The van der Waals surface area contributed by atoms with Crippen LogP contribution in [0.1, 0.15) is 12.5 Å². The van der Waals surface area contributed by atoms with Gasteiger partial charge in [0.25, 0.3) is 0 Å². The molecule has 0 aliphatic heterocycles. The Labute approximate surface area is 110 Å². The fourth-order valence-corrected chi connectivity index (χ4v) is 2.87. The Morgan fingerprint density at radius 2 is 1.94 bits per heavy atom. The van der Waals surface area contributed by atoms with Crippen LogP contribution in [0.3, 0.4) is 0 Å². The van der Waals surface area contributed by atoms with Crippen molar-refractivity contribution in [3.63, 3.8) is 0 Å². The summed E-state index contributed by atoms with van der Waals surface area (Å²) in [5, 5.41) is 9.09. The maximum absolute atomic E-state index is 11.1. The van der Waals surface area contributed by atoms with Gasteiger partial charge in [0.05, 0.1) is 5.75 Å². The smallest absolute Gasteiger partial charge is 0.407 e. The molecule has 1 N–H and O–H groups in total. The molecule has 18 heavy (non-hydrogen) atoms. The molecule has 0 radical (unpaired) electrons. The van der Waals surface area contributed by atoms with Gasteiger partial charge in [-0.15, -0.1) is 0 Å². The van der Waals surface area contributed by atoms with Gasteiger partial charge in [-0.05, 0) is 12.5 Å². The van der Waals surface area contributed by atoms with Gasteiger partial charge < -0.3 is 10.0 Å². The summed E-state index contributed by atoms with van der Waals surface area (Å²) >= 11 is 0. The Morgan fingerprint density at radius 1 is 1.39 bits per heavy atom. The highest BCUT2D eigenvalue weighted by Crippen LogP contribution is 2.12. The van der Waals surface area contributed by atoms with E-state index in [1.807, 2.05) is 6.07 Å². The van der Waals surface area contributed by atoms with Gasteiger partial charge in [0.15, 0.2) is 0 Å². The Hall–Kier alpha value is -1.27. The first-order valence-corrected chi connectivity index (χ1v) is 7.73. The molecule has 0 aliphatic rings. The average molecular weight is 292 g/mol. The minimum atomic E-state index is -3.73. The molecular weight excluding hydrogens is 278 g/mol. The van der Waals surface area contributed by atoms with Gasteiger partial charge >= 0.3 is 6.09 Å². The van der Waals surface area contributed by atoms with E-state index < -0.39 is 26.9 Å². The molecule has 0 aliphatic carbocycles. The number of nitrogens with zero attached hydrogens (tertiary/aromatic N) is 1. The van der Waals surface area contributed by atoms with Crippen LogP contribution in [0.4, 0.5) is 4.79 Å². The average Bonchev–Trinajstić information content (AvgIpc) is 2.24. The van der Waals surface area contributed by atoms with E-state index in [4.69, 9.17) is 15.8 Å². The Balaban J connectivity index is 2.81. The summed E-state index contributed by atoms with van der Waals surface area (Å²) in [7, 11) is 1.41. The molecule has 0 aromatic heterocycles. The molecule has 1 atom stereocenters. The Kier molecular flexibility index (Phi) is 4.98. The maximum Gasteiger partial charge on any atom is 0.407 e. The van der Waals surface area contributed by atoms with Gasteiger partial charge in [-0.1, -0.05) is 30.3 Å². The maximum atomic E-state index is 11.1. The molecule has 0 spiro atoms. The van der Waals surface area contributed by atoms with Crippen LogP contribution in [0.2, 0.25) is 0 Å². The van der Waals surface area contributed by atoms with Crippen LogP contribution >= 0.6 is 10.7 Å². The van der Waals surface area contributed by atoms with Gasteiger partial charge in [0.2, 0.25) is 9.05 Å². The first-order chi connectivity index (χ1) is 8.29. The van der Waals surface area contributed by atoms with Gasteiger partial charge in [-0.25, -0.2) is 13.2 Å². The Bertz CT molecular complexity index is 503. The zero-order valence-corrected chi connectivity index (χ0v) is 11.4. The monoisotopic (exact) mass is 291 g/mol. The van der Waals surface area contributed by atoms with Crippen molar-refractivity contribution in [2.45, 2.75) is 19.5 Å². The summed E-state index contributed by atoms with van der Waals surface area (Å²) in [6.45, 7) is 1.64. The van der Waals surface area contributed by atoms with Crippen molar-refractivity contribution in [2.75, 3.05) is 5.75 Å². The number of carbonyl (C=O) groups is 1. The molecule has 100 valence electrons. The van der Waals surface area contributed by atoms with Crippen molar-refractivity contribution < 1.29 is 18.3 Å². The quantitative estimate of drug-likeness (QED) is 0.843. The van der Waals surface area contributed by atoms with Gasteiger partial charge in [-0.3, -0.25) is 0 Å². The van der Waals surface area contributed by atoms with Gasteiger partial charge in [0.1, 0.15) is 0 Å². The molecule has 0 unspecified atom stereocenters. The third-order valence-corrected chi connectivity index (χ3v) is 3.67. The fraction of sp³-hybridized carbons (Fsp3) is 0.364. The molecule has 0 bridgehead atoms. The van der Waals surface area contributed by atoms with E-state index in [1.54, 1.807) is 24.3 Å². The molecule has 0 heterocycles. The zero-order valence-electron chi connectivity index (χ0n) is 9.78. The van der Waals surface area contributed by atoms with Gasteiger partial charge in [0, 0.05) is 23.3 Å². The highest BCUT2D eigenvalue weighted by molar-refractivity contribution is 8.13. The van der Waals surface area contributed by atoms with E-state index in [-0.39, 0.29) is 6.54 Å². The molecule has 0 fully saturated rings. The van der Waals surface area contributed by atoms with Crippen molar-refractivity contribution in [2.24, 2.45) is 0 Å². The first kappa shape index (κ1) is 14.8. The van der Waals surface area contributed by atoms with Crippen LogP contribution in [-0.2, 0) is 15.6 Å². The third kappa shape index (κ3) is 4.93. The van der Waals surface area contributed by atoms with Crippen LogP contribution in [-0.4, -0.2) is 36.3 Å². The molecular formula is C11H14ClNO4S.